The van der Waals surface area contributed by atoms with E-state index in [0.29, 0.717) is 0 Å². The third-order valence-corrected chi connectivity index (χ3v) is 3.25. The fourth-order valence-electron chi connectivity index (χ4n) is 2.32. The highest BCUT2D eigenvalue weighted by molar-refractivity contribution is 5.31. The molecule has 100 valence electrons. The highest BCUT2D eigenvalue weighted by Crippen LogP contribution is 2.22. The maximum absolute atomic E-state index is 13.2. The molecule has 0 saturated heterocycles. The van der Waals surface area contributed by atoms with Crippen molar-refractivity contribution in [2.75, 3.05) is 6.54 Å². The summed E-state index contributed by atoms with van der Waals surface area (Å²) in [5.41, 5.74) is 3.37. The van der Waals surface area contributed by atoms with Gasteiger partial charge in [-0.2, -0.15) is 0 Å². The molecule has 0 aliphatic heterocycles. The van der Waals surface area contributed by atoms with Crippen LogP contribution in [0.15, 0.2) is 42.7 Å². The van der Waals surface area contributed by atoms with Crippen molar-refractivity contribution >= 4 is 0 Å². The Morgan fingerprint density at radius 1 is 1.21 bits per heavy atom. The van der Waals surface area contributed by atoms with E-state index in [0.717, 1.165) is 24.1 Å². The van der Waals surface area contributed by atoms with Gasteiger partial charge in [-0.05, 0) is 60.8 Å². The van der Waals surface area contributed by atoms with Crippen molar-refractivity contribution in [2.24, 2.45) is 0 Å². The quantitative estimate of drug-likeness (QED) is 0.888. The molecular formula is C16H19FN2. The van der Waals surface area contributed by atoms with Gasteiger partial charge in [-0.25, -0.2) is 4.39 Å². The Balaban J connectivity index is 2.24. The van der Waals surface area contributed by atoms with Crippen molar-refractivity contribution in [3.05, 3.63) is 65.2 Å². The maximum atomic E-state index is 13.2. The smallest absolute Gasteiger partial charge is 0.123 e. The molecule has 1 N–H and O–H groups in total. The molecule has 0 radical (unpaired) electrons. The molecule has 1 heterocycles. The molecule has 3 heteroatoms. The van der Waals surface area contributed by atoms with Gasteiger partial charge in [-0.3, -0.25) is 4.98 Å². The number of aryl methyl sites for hydroxylation is 1. The van der Waals surface area contributed by atoms with E-state index in [9.17, 15) is 4.39 Å². The first-order valence-electron chi connectivity index (χ1n) is 6.59. The minimum Gasteiger partial charge on any atom is -0.310 e. The number of nitrogens with zero attached hydrogens (tertiary/aromatic N) is 1. The topological polar surface area (TPSA) is 24.9 Å². The lowest BCUT2D eigenvalue weighted by Crippen LogP contribution is -2.23. The van der Waals surface area contributed by atoms with Gasteiger partial charge < -0.3 is 5.32 Å². The number of rotatable bonds is 5. The van der Waals surface area contributed by atoms with Crippen molar-refractivity contribution in [2.45, 2.75) is 26.3 Å². The van der Waals surface area contributed by atoms with Crippen LogP contribution in [0.4, 0.5) is 4.39 Å². The van der Waals surface area contributed by atoms with Crippen LogP contribution in [0.25, 0.3) is 0 Å². The van der Waals surface area contributed by atoms with Gasteiger partial charge in [-0.15, -0.1) is 0 Å². The number of nitrogens with one attached hydrogen (secondary N) is 1. The molecule has 0 spiro atoms. The van der Waals surface area contributed by atoms with Gasteiger partial charge in [0.05, 0.1) is 0 Å². The van der Waals surface area contributed by atoms with Crippen LogP contribution in [0.1, 0.15) is 29.7 Å². The van der Waals surface area contributed by atoms with Gasteiger partial charge >= 0.3 is 0 Å². The Labute approximate surface area is 113 Å². The third kappa shape index (κ3) is 3.61. The summed E-state index contributed by atoms with van der Waals surface area (Å²) in [6.07, 6.45) is 4.48. The van der Waals surface area contributed by atoms with Crippen molar-refractivity contribution in [3.63, 3.8) is 0 Å². The van der Waals surface area contributed by atoms with Crippen LogP contribution < -0.4 is 5.32 Å². The van der Waals surface area contributed by atoms with Gasteiger partial charge in [-0.1, -0.05) is 13.0 Å². The number of benzene rings is 1. The first kappa shape index (κ1) is 13.7. The molecule has 1 aromatic carbocycles. The Bertz CT molecular complexity index is 526. The van der Waals surface area contributed by atoms with Crippen LogP contribution in [0.2, 0.25) is 0 Å². The molecule has 1 unspecified atom stereocenters. The summed E-state index contributed by atoms with van der Waals surface area (Å²) >= 11 is 0. The van der Waals surface area contributed by atoms with E-state index in [1.165, 1.54) is 11.6 Å². The molecule has 1 atom stereocenters. The minimum absolute atomic E-state index is 0.180. The Morgan fingerprint density at radius 3 is 2.58 bits per heavy atom. The fourth-order valence-corrected chi connectivity index (χ4v) is 2.32. The van der Waals surface area contributed by atoms with E-state index < -0.39 is 0 Å². The SMILES string of the molecule is CCNC(Cc1ccncc1)c1ccc(F)cc1C. The van der Waals surface area contributed by atoms with Gasteiger partial charge in [0.25, 0.3) is 0 Å². The number of hydrogen-bond acceptors (Lipinski definition) is 2. The number of hydrogen-bond donors (Lipinski definition) is 1. The maximum Gasteiger partial charge on any atom is 0.123 e. The molecular weight excluding hydrogens is 239 g/mol. The zero-order chi connectivity index (χ0) is 13.7. The highest BCUT2D eigenvalue weighted by Gasteiger charge is 2.13. The monoisotopic (exact) mass is 258 g/mol. The number of aromatic nitrogens is 1. The highest BCUT2D eigenvalue weighted by atomic mass is 19.1. The second kappa shape index (κ2) is 6.43. The summed E-state index contributed by atoms with van der Waals surface area (Å²) in [5, 5.41) is 3.46. The van der Waals surface area contributed by atoms with Crippen LogP contribution >= 0.6 is 0 Å². The molecule has 0 amide bonds. The van der Waals surface area contributed by atoms with E-state index in [1.54, 1.807) is 18.5 Å². The van der Waals surface area contributed by atoms with E-state index in [2.05, 4.69) is 17.2 Å². The molecule has 1 aromatic heterocycles. The second-order valence-corrected chi connectivity index (χ2v) is 4.67. The lowest BCUT2D eigenvalue weighted by Gasteiger charge is -2.20. The van der Waals surface area contributed by atoms with Crippen molar-refractivity contribution < 1.29 is 4.39 Å². The number of pyridine rings is 1. The second-order valence-electron chi connectivity index (χ2n) is 4.67. The van der Waals surface area contributed by atoms with E-state index in [-0.39, 0.29) is 11.9 Å². The van der Waals surface area contributed by atoms with E-state index >= 15 is 0 Å². The van der Waals surface area contributed by atoms with Gasteiger partial charge in [0.2, 0.25) is 0 Å². The van der Waals surface area contributed by atoms with Crippen molar-refractivity contribution in [1.82, 2.24) is 10.3 Å². The molecule has 0 aliphatic carbocycles. The molecule has 2 nitrogen and oxygen atoms in total. The fraction of sp³-hybridized carbons (Fsp3) is 0.312. The molecule has 0 fully saturated rings. The van der Waals surface area contributed by atoms with Crippen LogP contribution in [0.5, 0.6) is 0 Å². The number of likely N-dealkylation sites (N-methyl/N-ethyl adjacent to an activating group) is 1. The molecule has 2 rings (SSSR count). The average molecular weight is 258 g/mol. The van der Waals surface area contributed by atoms with E-state index in [4.69, 9.17) is 0 Å². The summed E-state index contributed by atoms with van der Waals surface area (Å²) in [4.78, 5) is 4.03. The van der Waals surface area contributed by atoms with Gasteiger partial charge in [0.1, 0.15) is 5.82 Å². The first-order valence-corrected chi connectivity index (χ1v) is 6.59. The Morgan fingerprint density at radius 2 is 1.95 bits per heavy atom. The summed E-state index contributed by atoms with van der Waals surface area (Å²) in [7, 11) is 0. The van der Waals surface area contributed by atoms with Crippen molar-refractivity contribution in [3.8, 4) is 0 Å². The largest absolute Gasteiger partial charge is 0.310 e. The minimum atomic E-state index is -0.180. The normalized spacial score (nSPS) is 12.4. The van der Waals surface area contributed by atoms with Gasteiger partial charge in [0, 0.05) is 18.4 Å². The zero-order valence-corrected chi connectivity index (χ0v) is 11.4. The molecule has 19 heavy (non-hydrogen) atoms. The van der Waals surface area contributed by atoms with Crippen LogP contribution in [0.3, 0.4) is 0 Å². The van der Waals surface area contributed by atoms with Crippen LogP contribution in [-0.2, 0) is 6.42 Å². The van der Waals surface area contributed by atoms with Gasteiger partial charge in [0.15, 0.2) is 0 Å². The lowest BCUT2D eigenvalue weighted by atomic mass is 9.95. The predicted molar refractivity (Wildman–Crippen MR) is 75.5 cm³/mol. The number of halogens is 1. The van der Waals surface area contributed by atoms with Crippen LogP contribution in [-0.4, -0.2) is 11.5 Å². The molecule has 0 bridgehead atoms. The Kier molecular flexibility index (Phi) is 4.63. The third-order valence-electron chi connectivity index (χ3n) is 3.25. The first-order chi connectivity index (χ1) is 9.20. The standard InChI is InChI=1S/C16H19FN2/c1-3-19-16(11-13-6-8-18-9-7-13)15-5-4-14(17)10-12(15)2/h4-10,16,19H,3,11H2,1-2H3. The summed E-state index contributed by atoms with van der Waals surface area (Å²) in [5.74, 6) is -0.180. The lowest BCUT2D eigenvalue weighted by molar-refractivity contribution is 0.544. The zero-order valence-electron chi connectivity index (χ0n) is 11.4. The molecule has 2 aromatic rings. The molecule has 0 saturated carbocycles. The van der Waals surface area contributed by atoms with E-state index in [1.807, 2.05) is 25.1 Å². The Hall–Kier alpha value is -1.74. The summed E-state index contributed by atoms with van der Waals surface area (Å²) < 4.78 is 13.2. The predicted octanol–water partition coefficient (Wildman–Crippen LogP) is 3.42. The summed E-state index contributed by atoms with van der Waals surface area (Å²) in [6.45, 7) is 4.92. The van der Waals surface area contributed by atoms with Crippen LogP contribution in [0, 0.1) is 12.7 Å². The van der Waals surface area contributed by atoms with Crippen molar-refractivity contribution in [1.29, 1.82) is 0 Å². The molecule has 0 aliphatic rings. The summed E-state index contributed by atoms with van der Waals surface area (Å²) in [6, 6.07) is 9.23. The average Bonchev–Trinajstić information content (AvgIpc) is 2.39.